The van der Waals surface area contributed by atoms with Gasteiger partial charge in [-0.3, -0.25) is 9.36 Å². The van der Waals surface area contributed by atoms with E-state index in [0.29, 0.717) is 13.0 Å². The molecule has 0 saturated carbocycles. The number of carbonyl (C=O) groups excluding carboxylic acids is 1. The van der Waals surface area contributed by atoms with E-state index >= 15 is 0 Å². The molecule has 1 aromatic heterocycles. The largest absolute Gasteiger partial charge is 0.465 e. The average molecular weight is 336 g/mol. The molecule has 1 heterocycles. The second-order valence-corrected chi connectivity index (χ2v) is 6.15. The van der Waals surface area contributed by atoms with Crippen LogP contribution in [0.2, 0.25) is 0 Å². The van der Waals surface area contributed by atoms with E-state index in [2.05, 4.69) is 60.9 Å². The number of imidazole rings is 1. The van der Waals surface area contributed by atoms with Crippen LogP contribution in [0.1, 0.15) is 37.2 Å². The van der Waals surface area contributed by atoms with Crippen molar-refractivity contribution in [3.63, 3.8) is 0 Å². The second kappa shape index (κ2) is 7.51. The molecule has 25 heavy (non-hydrogen) atoms. The molecule has 3 aromatic rings. The van der Waals surface area contributed by atoms with Crippen molar-refractivity contribution in [2.45, 2.75) is 40.0 Å². The predicted molar refractivity (Wildman–Crippen MR) is 100 cm³/mol. The van der Waals surface area contributed by atoms with Gasteiger partial charge in [0.05, 0.1) is 17.6 Å². The molecule has 130 valence electrons. The maximum Gasteiger partial charge on any atom is 0.305 e. The van der Waals surface area contributed by atoms with E-state index in [1.807, 2.05) is 0 Å². The SMILES string of the molecule is CCC(=O)OCCc1ccc(-n2c(CC)nc3cccc(C)c32)cc1. The summed E-state index contributed by atoms with van der Waals surface area (Å²) >= 11 is 0. The van der Waals surface area contributed by atoms with Gasteiger partial charge in [-0.15, -0.1) is 0 Å². The number of rotatable bonds is 6. The monoisotopic (exact) mass is 336 g/mol. The van der Waals surface area contributed by atoms with Crippen molar-refractivity contribution in [1.82, 2.24) is 9.55 Å². The van der Waals surface area contributed by atoms with Gasteiger partial charge in [0.15, 0.2) is 0 Å². The number of fused-ring (bicyclic) bond motifs is 1. The smallest absolute Gasteiger partial charge is 0.305 e. The highest BCUT2D eigenvalue weighted by molar-refractivity contribution is 5.81. The number of hydrogen-bond donors (Lipinski definition) is 0. The van der Waals surface area contributed by atoms with Crippen molar-refractivity contribution in [2.75, 3.05) is 6.61 Å². The molecular formula is C21H24N2O2. The van der Waals surface area contributed by atoms with Gasteiger partial charge in [0.25, 0.3) is 0 Å². The fourth-order valence-electron chi connectivity index (χ4n) is 3.05. The summed E-state index contributed by atoms with van der Waals surface area (Å²) in [6, 6.07) is 14.7. The normalized spacial score (nSPS) is 11.0. The van der Waals surface area contributed by atoms with Crippen molar-refractivity contribution < 1.29 is 9.53 Å². The first-order chi connectivity index (χ1) is 12.1. The Labute approximate surface area is 148 Å². The van der Waals surface area contributed by atoms with Gasteiger partial charge in [0.2, 0.25) is 0 Å². The summed E-state index contributed by atoms with van der Waals surface area (Å²) in [6.07, 6.45) is 2.03. The van der Waals surface area contributed by atoms with Crippen molar-refractivity contribution in [2.24, 2.45) is 0 Å². The zero-order valence-electron chi connectivity index (χ0n) is 15.1. The fraction of sp³-hybridized carbons (Fsp3) is 0.333. The number of hydrogen-bond acceptors (Lipinski definition) is 3. The Hall–Kier alpha value is -2.62. The number of carbonyl (C=O) groups is 1. The van der Waals surface area contributed by atoms with E-state index in [0.717, 1.165) is 35.4 Å². The zero-order valence-corrected chi connectivity index (χ0v) is 15.1. The molecule has 0 aliphatic rings. The lowest BCUT2D eigenvalue weighted by molar-refractivity contribution is -0.143. The molecule has 0 radical (unpaired) electrons. The fourth-order valence-corrected chi connectivity index (χ4v) is 3.05. The molecule has 0 aliphatic carbocycles. The lowest BCUT2D eigenvalue weighted by Crippen LogP contribution is -2.06. The maximum absolute atomic E-state index is 11.2. The molecule has 0 spiro atoms. The zero-order chi connectivity index (χ0) is 17.8. The van der Waals surface area contributed by atoms with Crippen LogP contribution in [-0.4, -0.2) is 22.1 Å². The molecule has 0 unspecified atom stereocenters. The Balaban J connectivity index is 1.87. The Morgan fingerprint density at radius 1 is 1.12 bits per heavy atom. The van der Waals surface area contributed by atoms with Gasteiger partial charge >= 0.3 is 5.97 Å². The van der Waals surface area contributed by atoms with Crippen LogP contribution in [-0.2, 0) is 22.4 Å². The summed E-state index contributed by atoms with van der Waals surface area (Å²) in [5.74, 6) is 0.915. The molecule has 0 fully saturated rings. The minimum absolute atomic E-state index is 0.149. The summed E-state index contributed by atoms with van der Waals surface area (Å²) in [5, 5.41) is 0. The standard InChI is InChI=1S/C21H24N2O2/c1-4-19-22-18-8-6-7-15(3)21(18)23(19)17-11-9-16(10-12-17)13-14-25-20(24)5-2/h6-12H,4-5,13-14H2,1-3H3. The Kier molecular flexibility index (Phi) is 5.17. The Morgan fingerprint density at radius 3 is 2.56 bits per heavy atom. The second-order valence-electron chi connectivity index (χ2n) is 6.15. The van der Waals surface area contributed by atoms with Gasteiger partial charge in [-0.25, -0.2) is 4.98 Å². The number of benzene rings is 2. The van der Waals surface area contributed by atoms with Crippen molar-refractivity contribution in [1.29, 1.82) is 0 Å². The highest BCUT2D eigenvalue weighted by atomic mass is 16.5. The van der Waals surface area contributed by atoms with Gasteiger partial charge in [-0.2, -0.15) is 0 Å². The van der Waals surface area contributed by atoms with Gasteiger partial charge < -0.3 is 4.74 Å². The molecule has 2 aromatic carbocycles. The van der Waals surface area contributed by atoms with Crippen LogP contribution in [0.25, 0.3) is 16.7 Å². The highest BCUT2D eigenvalue weighted by Crippen LogP contribution is 2.25. The first-order valence-electron chi connectivity index (χ1n) is 8.86. The van der Waals surface area contributed by atoms with E-state index in [9.17, 15) is 4.79 Å². The summed E-state index contributed by atoms with van der Waals surface area (Å²) in [6.45, 7) is 6.49. The van der Waals surface area contributed by atoms with E-state index in [4.69, 9.17) is 9.72 Å². The van der Waals surface area contributed by atoms with Gasteiger partial charge in [0.1, 0.15) is 5.82 Å². The molecule has 4 heteroatoms. The lowest BCUT2D eigenvalue weighted by atomic mass is 10.1. The highest BCUT2D eigenvalue weighted by Gasteiger charge is 2.12. The Morgan fingerprint density at radius 2 is 1.88 bits per heavy atom. The van der Waals surface area contributed by atoms with E-state index in [1.165, 1.54) is 11.1 Å². The van der Waals surface area contributed by atoms with Gasteiger partial charge in [-0.1, -0.05) is 38.1 Å². The number of nitrogens with zero attached hydrogens (tertiary/aromatic N) is 2. The van der Waals surface area contributed by atoms with Crippen molar-refractivity contribution in [3.05, 3.63) is 59.4 Å². The molecule has 3 rings (SSSR count). The number of ether oxygens (including phenoxy) is 1. The van der Waals surface area contributed by atoms with Crippen molar-refractivity contribution in [3.8, 4) is 5.69 Å². The third kappa shape index (κ3) is 3.58. The van der Waals surface area contributed by atoms with Crippen LogP contribution in [0.5, 0.6) is 0 Å². The molecule has 0 amide bonds. The third-order valence-corrected chi connectivity index (χ3v) is 4.40. The molecule has 0 N–H and O–H groups in total. The lowest BCUT2D eigenvalue weighted by Gasteiger charge is -2.11. The van der Waals surface area contributed by atoms with Crippen LogP contribution in [0, 0.1) is 6.92 Å². The molecule has 0 saturated heterocycles. The van der Waals surface area contributed by atoms with Crippen LogP contribution in [0.4, 0.5) is 0 Å². The van der Waals surface area contributed by atoms with Gasteiger partial charge in [0, 0.05) is 24.9 Å². The van der Waals surface area contributed by atoms with Crippen LogP contribution in [0.15, 0.2) is 42.5 Å². The van der Waals surface area contributed by atoms with Crippen LogP contribution >= 0.6 is 0 Å². The summed E-state index contributed by atoms with van der Waals surface area (Å²) < 4.78 is 7.39. The summed E-state index contributed by atoms with van der Waals surface area (Å²) in [4.78, 5) is 16.0. The van der Waals surface area contributed by atoms with Crippen LogP contribution < -0.4 is 0 Å². The van der Waals surface area contributed by atoms with Crippen LogP contribution in [0.3, 0.4) is 0 Å². The predicted octanol–water partition coefficient (Wildman–Crippen LogP) is 4.39. The average Bonchev–Trinajstić information content (AvgIpc) is 3.02. The maximum atomic E-state index is 11.2. The quantitative estimate of drug-likeness (QED) is 0.627. The number of aromatic nitrogens is 2. The molecule has 4 nitrogen and oxygen atoms in total. The number of esters is 1. The van der Waals surface area contributed by atoms with Crippen molar-refractivity contribution >= 4 is 17.0 Å². The third-order valence-electron chi connectivity index (χ3n) is 4.40. The van der Waals surface area contributed by atoms with E-state index in [1.54, 1.807) is 6.92 Å². The first kappa shape index (κ1) is 17.2. The Bertz CT molecular complexity index is 879. The number of para-hydroxylation sites is 1. The topological polar surface area (TPSA) is 44.1 Å². The first-order valence-corrected chi connectivity index (χ1v) is 8.86. The minimum atomic E-state index is -0.149. The summed E-state index contributed by atoms with van der Waals surface area (Å²) in [5.41, 5.74) is 5.70. The molecule has 0 atom stereocenters. The van der Waals surface area contributed by atoms with E-state index in [-0.39, 0.29) is 5.97 Å². The summed E-state index contributed by atoms with van der Waals surface area (Å²) in [7, 11) is 0. The molecule has 0 bridgehead atoms. The molecular weight excluding hydrogens is 312 g/mol. The van der Waals surface area contributed by atoms with E-state index < -0.39 is 0 Å². The molecule has 0 aliphatic heterocycles. The number of aryl methyl sites for hydroxylation is 2. The van der Waals surface area contributed by atoms with Gasteiger partial charge in [-0.05, 0) is 36.2 Å². The minimum Gasteiger partial charge on any atom is -0.465 e.